The third-order valence-corrected chi connectivity index (χ3v) is 34.3. The Balaban J connectivity index is 0.0000000959. The normalized spacial score (nSPS) is 12.8. The number of aromatic nitrogens is 1. The van der Waals surface area contributed by atoms with Gasteiger partial charge >= 0.3 is 0 Å². The van der Waals surface area contributed by atoms with Crippen molar-refractivity contribution in [2.24, 2.45) is 7.05 Å². The van der Waals surface area contributed by atoms with Crippen LogP contribution in [-0.4, -0.2) is 4.57 Å². The number of rotatable bonds is 1. The van der Waals surface area contributed by atoms with Crippen LogP contribution in [-0.2, 0) is 23.3 Å². The quantitative estimate of drug-likeness (QED) is 0.154. The molecule has 676 valence electrons. The predicted molar refractivity (Wildman–Crippen MR) is 612 cm³/mol. The largest absolute Gasteiger partial charge is 0.344 e. The molecule has 25 aromatic rings. The predicted octanol–water partition coefficient (Wildman–Crippen LogP) is 39.7. The summed E-state index contributed by atoms with van der Waals surface area (Å²) in [6, 6.07) is 148. The van der Waals surface area contributed by atoms with Crippen molar-refractivity contribution in [3.8, 4) is 44.5 Å². The number of hydrogen-bond donors (Lipinski definition) is 0. The maximum atomic E-state index is 2.33. The fourth-order valence-electron chi connectivity index (χ4n) is 21.0. The van der Waals surface area contributed by atoms with E-state index < -0.39 is 0 Å². The van der Waals surface area contributed by atoms with E-state index in [0.29, 0.717) is 0 Å². The molecule has 1 nitrogen and oxygen atoms in total. The molecule has 0 unspecified atom stereocenters. The molecule has 0 N–H and O–H groups in total. The molecular weight excluding hydrogens is 1760 g/mol. The van der Waals surface area contributed by atoms with Crippen LogP contribution in [0.4, 0.5) is 0 Å². The van der Waals surface area contributed by atoms with Crippen LogP contribution < -0.4 is 0 Å². The minimum Gasteiger partial charge on any atom is -0.344 e. The lowest BCUT2D eigenvalue weighted by Gasteiger charge is -2.21. The zero-order chi connectivity index (χ0) is 95.3. The summed E-state index contributed by atoms with van der Waals surface area (Å²) in [4.78, 5) is 0. The third-order valence-electron chi connectivity index (χ3n) is 28.2. The van der Waals surface area contributed by atoms with Gasteiger partial charge in [-0.3, -0.25) is 0 Å². The van der Waals surface area contributed by atoms with Gasteiger partial charge in [0, 0.05) is 146 Å². The van der Waals surface area contributed by atoms with E-state index in [1.54, 1.807) is 0 Å². The van der Waals surface area contributed by atoms with Gasteiger partial charge in [-0.25, -0.2) is 0 Å². The van der Waals surface area contributed by atoms with Crippen molar-refractivity contribution in [1.29, 1.82) is 0 Å². The van der Waals surface area contributed by atoms with E-state index in [9.17, 15) is 0 Å². The van der Waals surface area contributed by atoms with E-state index in [-0.39, 0.29) is 16.2 Å². The first kappa shape index (κ1) is 91.8. The molecule has 3 aliphatic carbocycles. The summed E-state index contributed by atoms with van der Waals surface area (Å²) in [7, 11) is 2.12. The lowest BCUT2D eigenvalue weighted by atomic mass is 9.82. The highest BCUT2D eigenvalue weighted by molar-refractivity contribution is 7.27. The summed E-state index contributed by atoms with van der Waals surface area (Å²) in [6.07, 6.45) is 0. The fourth-order valence-corrected chi connectivity index (χ4v) is 27.0. The fraction of sp³-hybridized carbons (Fsp3) is 0.136. The molecule has 0 atom stereocenters. The molecule has 0 spiro atoms. The minimum absolute atomic E-state index is 0.151. The average Bonchev–Trinajstić information content (AvgIpc) is 1.59. The van der Waals surface area contributed by atoms with Crippen molar-refractivity contribution in [3.63, 3.8) is 0 Å². The molecule has 6 heteroatoms. The Kier molecular flexibility index (Phi) is 25.7. The maximum Gasteiger partial charge on any atom is 0.0488 e. The van der Waals surface area contributed by atoms with E-state index >= 15 is 0 Å². The van der Waals surface area contributed by atoms with Crippen LogP contribution in [0.3, 0.4) is 0 Å². The Hall–Kier alpha value is -13.9. The van der Waals surface area contributed by atoms with Crippen LogP contribution in [0.5, 0.6) is 0 Å². The summed E-state index contributed by atoms with van der Waals surface area (Å²) < 4.78 is 16.2. The van der Waals surface area contributed by atoms with Crippen molar-refractivity contribution < 1.29 is 0 Å². The Morgan fingerprint density at radius 3 is 1.19 bits per heavy atom. The molecule has 6 heterocycles. The van der Waals surface area contributed by atoms with Crippen molar-refractivity contribution in [3.05, 3.63) is 490 Å². The Labute approximate surface area is 832 Å². The molecule has 0 amide bonds. The van der Waals surface area contributed by atoms with Crippen molar-refractivity contribution in [2.75, 3.05) is 0 Å². The lowest BCUT2D eigenvalue weighted by molar-refractivity contribution is 0.659. The molecule has 6 aromatic heterocycles. The Bertz CT molecular complexity index is 8770. The average molecular weight is 1870 g/mol. The Morgan fingerprint density at radius 2 is 0.543 bits per heavy atom. The highest BCUT2D eigenvalue weighted by Gasteiger charge is 2.38. The topological polar surface area (TPSA) is 4.93 Å². The zero-order valence-electron chi connectivity index (χ0n) is 81.2. The van der Waals surface area contributed by atoms with E-state index in [1.807, 2.05) is 56.7 Å². The number of nitrogens with zero attached hydrogens (tertiary/aromatic N) is 1. The van der Waals surface area contributed by atoms with Gasteiger partial charge in [0.05, 0.1) is 0 Å². The summed E-state index contributed by atoms with van der Waals surface area (Å²) in [6.45, 7) is 31.3. The number of hydrogen-bond acceptors (Lipinski definition) is 5. The first-order chi connectivity index (χ1) is 67.0. The molecule has 0 fully saturated rings. The van der Waals surface area contributed by atoms with Crippen molar-refractivity contribution in [2.45, 2.75) is 113 Å². The Morgan fingerprint density at radius 1 is 0.188 bits per heavy atom. The lowest BCUT2D eigenvalue weighted by Crippen LogP contribution is -2.14. The monoisotopic (exact) mass is 1870 g/mol. The number of aryl methyl sites for hydroxylation is 9. The van der Waals surface area contributed by atoms with Gasteiger partial charge in [-0.2, -0.15) is 0 Å². The van der Waals surface area contributed by atoms with E-state index in [4.69, 9.17) is 0 Å². The number of thiophene rings is 5. The van der Waals surface area contributed by atoms with Crippen LogP contribution in [0, 0.1) is 55.4 Å². The van der Waals surface area contributed by atoms with Crippen LogP contribution in [0.2, 0.25) is 0 Å². The maximum absolute atomic E-state index is 2.33. The molecule has 19 aromatic carbocycles. The summed E-state index contributed by atoms with van der Waals surface area (Å²) in [5, 5.41) is 16.6. The minimum atomic E-state index is 0.151. The summed E-state index contributed by atoms with van der Waals surface area (Å²) in [5.74, 6) is 0. The summed E-state index contributed by atoms with van der Waals surface area (Å²) in [5.41, 5.74) is 33.8. The number of para-hydroxylation sites is 2. The molecule has 0 bridgehead atoms. The van der Waals surface area contributed by atoms with Gasteiger partial charge in [-0.1, -0.05) is 410 Å². The van der Waals surface area contributed by atoms with Crippen LogP contribution >= 0.6 is 56.7 Å². The molecule has 0 radical (unpaired) electrons. The molecule has 0 saturated heterocycles. The standard InChI is InChI=1S/C19H14S.3C16H16.C13H11N.4C13H10S/c1-13-7-5-11-16-17-12-6-10-15(19(17)20-18(13)16)14-8-3-2-4-9-14;1-11-7-6-10-14-15(11)12-8-4-5-9-13(12)16(14,2)3;1-11-8-9-15-13(10-11)12-6-4-5-7-14(12)16(15,2)3;1-11-8-9-13-12-6-4-5-7-14(12)16(2,3)15(13)10-11;1-14-12-8-4-2-6-10(12)11-7-3-5-9-13(11)14;1-9-5-4-7-11-10-6-2-3-8-12(10)14-13(9)11;1-9-5-4-8-12-13(9)10-6-2-3-7-11(10)14-12;1-9-6-7-13-11(8-9)10-4-2-3-5-12(10)14-13;1-9-6-7-11-10-4-2-3-5-12(10)14-13(11)8-9/h2-12H,1H3;3*4-10H,1-3H3;2-9H,1H3;4*2-8H,1H3. The number of fused-ring (bicyclic) bond motifs is 27. The van der Waals surface area contributed by atoms with Crippen molar-refractivity contribution in [1.82, 2.24) is 4.57 Å². The third kappa shape index (κ3) is 17.6. The van der Waals surface area contributed by atoms with Gasteiger partial charge in [0.25, 0.3) is 0 Å². The highest BCUT2D eigenvalue weighted by atomic mass is 32.1. The van der Waals surface area contributed by atoms with Gasteiger partial charge in [-0.05, 0) is 222 Å². The smallest absolute Gasteiger partial charge is 0.0488 e. The first-order valence-electron chi connectivity index (χ1n) is 48.0. The zero-order valence-corrected chi connectivity index (χ0v) is 85.3. The SMILES string of the molecule is Cc1ccc2c(c1)-c1ccccc1C2(C)C.Cc1ccc2c(c1)C(C)(C)c1ccccc1-2.Cc1ccc2c(c1)sc1ccccc12.Cc1ccc2sc3ccccc3c2c1.Cc1cccc2c1-c1ccccc1C2(C)C.Cc1cccc2c1sc1c(-c3ccccc3)cccc12.Cc1cccc2c1sc1ccccc12.Cc1cccc2sc3ccccc3c12.Cn1c2ccccc2c2ccccc21. The van der Waals surface area contributed by atoms with E-state index in [0.717, 1.165) is 0 Å². The van der Waals surface area contributed by atoms with Crippen LogP contribution in [0.15, 0.2) is 413 Å². The van der Waals surface area contributed by atoms with Gasteiger partial charge < -0.3 is 4.57 Å². The highest BCUT2D eigenvalue weighted by Crippen LogP contribution is 2.53. The van der Waals surface area contributed by atoms with Gasteiger partial charge in [0.2, 0.25) is 0 Å². The molecule has 0 aliphatic heterocycles. The molecule has 28 rings (SSSR count). The molecular formula is C132H113NS5. The van der Waals surface area contributed by atoms with Crippen LogP contribution in [0.25, 0.3) is 167 Å². The van der Waals surface area contributed by atoms with Gasteiger partial charge in [-0.15, -0.1) is 56.7 Å². The summed E-state index contributed by atoms with van der Waals surface area (Å²) >= 11 is 9.42. The second-order valence-corrected chi connectivity index (χ2v) is 43.9. The number of benzene rings is 19. The second kappa shape index (κ2) is 38.6. The van der Waals surface area contributed by atoms with E-state index in [2.05, 4.69) is 521 Å². The van der Waals surface area contributed by atoms with Gasteiger partial charge in [0.1, 0.15) is 0 Å². The first-order valence-corrected chi connectivity index (χ1v) is 52.0. The molecule has 138 heavy (non-hydrogen) atoms. The van der Waals surface area contributed by atoms with Crippen molar-refractivity contribution >= 4 is 179 Å². The van der Waals surface area contributed by atoms with E-state index in [1.165, 1.54) is 245 Å². The van der Waals surface area contributed by atoms with Crippen LogP contribution in [0.1, 0.15) is 119 Å². The second-order valence-electron chi connectivity index (χ2n) is 38.6. The molecule has 3 aliphatic rings. The van der Waals surface area contributed by atoms with Gasteiger partial charge in [0.15, 0.2) is 0 Å². The molecule has 0 saturated carbocycles.